The normalized spacial score (nSPS) is 9.75. The van der Waals surface area contributed by atoms with Gasteiger partial charge in [0.05, 0.1) is 28.7 Å². The largest absolute Gasteiger partial charge is 0.383 e. The van der Waals surface area contributed by atoms with Crippen LogP contribution in [-0.4, -0.2) is 9.91 Å². The van der Waals surface area contributed by atoms with Gasteiger partial charge in [0.2, 0.25) is 0 Å². The van der Waals surface area contributed by atoms with Gasteiger partial charge in [-0.05, 0) is 17.7 Å². The van der Waals surface area contributed by atoms with Crippen molar-refractivity contribution in [1.29, 1.82) is 5.26 Å². The van der Waals surface area contributed by atoms with E-state index in [4.69, 9.17) is 11.0 Å². The maximum absolute atomic E-state index is 10.7. The minimum atomic E-state index is -0.528. The summed E-state index contributed by atoms with van der Waals surface area (Å²) in [6.07, 6.45) is 0. The molecule has 0 fully saturated rings. The van der Waals surface area contributed by atoms with Crippen LogP contribution in [0.5, 0.6) is 0 Å². The van der Waals surface area contributed by atoms with Crippen LogP contribution in [0, 0.1) is 21.4 Å². The number of pyridine rings is 1. The second-order valence-electron chi connectivity index (χ2n) is 4.06. The topological polar surface area (TPSA) is 118 Å². The quantitative estimate of drug-likeness (QED) is 0.647. The smallest absolute Gasteiger partial charge is 0.276 e. The maximum atomic E-state index is 10.7. The first-order valence-corrected chi connectivity index (χ1v) is 5.73. The fourth-order valence-corrected chi connectivity index (χ4v) is 1.68. The van der Waals surface area contributed by atoms with Crippen LogP contribution < -0.4 is 11.1 Å². The monoisotopic (exact) mass is 269 g/mol. The summed E-state index contributed by atoms with van der Waals surface area (Å²) in [5.41, 5.74) is 6.82. The summed E-state index contributed by atoms with van der Waals surface area (Å²) in [7, 11) is 0. The van der Waals surface area contributed by atoms with Crippen molar-refractivity contribution in [2.75, 3.05) is 11.1 Å². The first-order valence-electron chi connectivity index (χ1n) is 5.73. The van der Waals surface area contributed by atoms with Crippen LogP contribution in [0.2, 0.25) is 0 Å². The number of nitrogens with zero attached hydrogens (tertiary/aromatic N) is 3. The van der Waals surface area contributed by atoms with Gasteiger partial charge in [0.25, 0.3) is 5.69 Å². The van der Waals surface area contributed by atoms with E-state index in [1.54, 1.807) is 18.2 Å². The number of nitro groups is 1. The van der Waals surface area contributed by atoms with Crippen molar-refractivity contribution in [3.8, 4) is 6.07 Å². The van der Waals surface area contributed by atoms with Gasteiger partial charge in [-0.2, -0.15) is 5.26 Å². The Kier molecular flexibility index (Phi) is 3.77. The zero-order chi connectivity index (χ0) is 14.5. The van der Waals surface area contributed by atoms with Crippen molar-refractivity contribution in [3.05, 3.63) is 57.6 Å². The molecule has 0 amide bonds. The number of nitrogens with one attached hydrogen (secondary N) is 1. The highest BCUT2D eigenvalue weighted by Crippen LogP contribution is 2.19. The second kappa shape index (κ2) is 5.67. The van der Waals surface area contributed by atoms with E-state index in [9.17, 15) is 10.1 Å². The molecule has 1 aromatic heterocycles. The molecule has 0 aliphatic carbocycles. The van der Waals surface area contributed by atoms with Crippen molar-refractivity contribution in [2.45, 2.75) is 6.54 Å². The van der Waals surface area contributed by atoms with Crippen LogP contribution in [0.15, 0.2) is 36.4 Å². The molecule has 0 bridgehead atoms. The summed E-state index contributed by atoms with van der Waals surface area (Å²) >= 11 is 0. The zero-order valence-corrected chi connectivity index (χ0v) is 10.4. The molecule has 20 heavy (non-hydrogen) atoms. The molecule has 0 aliphatic rings. The van der Waals surface area contributed by atoms with Gasteiger partial charge in [0.15, 0.2) is 0 Å². The summed E-state index contributed by atoms with van der Waals surface area (Å²) in [6.45, 7) is 0.392. The molecule has 1 heterocycles. The SMILES string of the molecule is N#Cc1cccc(CNc2cc([N+](=O)[O-])cc(N)n2)c1. The molecule has 0 radical (unpaired) electrons. The number of hydrogen-bond donors (Lipinski definition) is 2. The number of anilines is 2. The highest BCUT2D eigenvalue weighted by Gasteiger charge is 2.09. The Hall–Kier alpha value is -3.14. The number of nitrogens with two attached hydrogens (primary N) is 1. The summed E-state index contributed by atoms with van der Waals surface area (Å²) in [4.78, 5) is 14.2. The Morgan fingerprint density at radius 1 is 1.40 bits per heavy atom. The molecular weight excluding hydrogens is 258 g/mol. The molecule has 3 N–H and O–H groups in total. The van der Waals surface area contributed by atoms with Crippen molar-refractivity contribution < 1.29 is 4.92 Å². The van der Waals surface area contributed by atoms with Crippen LogP contribution in [0.1, 0.15) is 11.1 Å². The van der Waals surface area contributed by atoms with Crippen LogP contribution >= 0.6 is 0 Å². The first kappa shape index (κ1) is 13.3. The van der Waals surface area contributed by atoms with E-state index in [0.717, 1.165) is 5.56 Å². The minimum absolute atomic E-state index is 0.0764. The summed E-state index contributed by atoms with van der Waals surface area (Å²) in [5.74, 6) is 0.395. The third-order valence-corrected chi connectivity index (χ3v) is 2.57. The Labute approximate surface area is 114 Å². The molecule has 0 atom stereocenters. The summed E-state index contributed by atoms with van der Waals surface area (Å²) in [6, 6.07) is 11.6. The van der Waals surface area contributed by atoms with Gasteiger partial charge in [0.1, 0.15) is 11.6 Å². The van der Waals surface area contributed by atoms with Crippen molar-refractivity contribution in [3.63, 3.8) is 0 Å². The number of nitrogen functional groups attached to an aromatic ring is 1. The third-order valence-electron chi connectivity index (χ3n) is 2.57. The molecule has 0 unspecified atom stereocenters. The van der Waals surface area contributed by atoms with Crippen LogP contribution in [-0.2, 0) is 6.54 Å². The van der Waals surface area contributed by atoms with E-state index in [1.165, 1.54) is 12.1 Å². The van der Waals surface area contributed by atoms with Crippen molar-refractivity contribution >= 4 is 17.3 Å². The minimum Gasteiger partial charge on any atom is -0.383 e. The van der Waals surface area contributed by atoms with Gasteiger partial charge in [-0.3, -0.25) is 10.1 Å². The lowest BCUT2D eigenvalue weighted by molar-refractivity contribution is -0.384. The van der Waals surface area contributed by atoms with E-state index in [2.05, 4.69) is 10.3 Å². The van der Waals surface area contributed by atoms with Crippen molar-refractivity contribution in [1.82, 2.24) is 4.98 Å². The molecule has 7 nitrogen and oxygen atoms in total. The van der Waals surface area contributed by atoms with E-state index < -0.39 is 4.92 Å². The van der Waals surface area contributed by atoms with Gasteiger partial charge < -0.3 is 11.1 Å². The van der Waals surface area contributed by atoms with Gasteiger partial charge >= 0.3 is 0 Å². The molecule has 2 rings (SSSR count). The highest BCUT2D eigenvalue weighted by molar-refractivity contribution is 5.53. The fraction of sp³-hybridized carbons (Fsp3) is 0.0769. The molecule has 0 aliphatic heterocycles. The van der Waals surface area contributed by atoms with Crippen LogP contribution in [0.4, 0.5) is 17.3 Å². The summed E-state index contributed by atoms with van der Waals surface area (Å²) < 4.78 is 0. The van der Waals surface area contributed by atoms with Crippen molar-refractivity contribution in [2.24, 2.45) is 0 Å². The average molecular weight is 269 g/mol. The second-order valence-corrected chi connectivity index (χ2v) is 4.06. The Balaban J connectivity index is 2.14. The van der Waals surface area contributed by atoms with Crippen LogP contribution in [0.3, 0.4) is 0 Å². The molecule has 0 spiro atoms. The highest BCUT2D eigenvalue weighted by atomic mass is 16.6. The van der Waals surface area contributed by atoms with E-state index >= 15 is 0 Å². The molecular formula is C13H11N5O2. The standard InChI is InChI=1S/C13H11N5O2/c14-7-9-2-1-3-10(4-9)8-16-13-6-11(18(19)20)5-12(15)17-13/h1-6H,8H2,(H3,15,16,17). The third kappa shape index (κ3) is 3.20. The predicted octanol–water partition coefficient (Wildman–Crippen LogP) is 2.06. The fourth-order valence-electron chi connectivity index (χ4n) is 1.68. The number of benzene rings is 1. The number of aromatic nitrogens is 1. The molecule has 100 valence electrons. The number of hydrogen-bond acceptors (Lipinski definition) is 6. The molecule has 0 saturated heterocycles. The van der Waals surface area contributed by atoms with Gasteiger partial charge in [-0.15, -0.1) is 0 Å². The van der Waals surface area contributed by atoms with Gasteiger partial charge in [0, 0.05) is 6.54 Å². The lowest BCUT2D eigenvalue weighted by Gasteiger charge is -2.06. The Morgan fingerprint density at radius 3 is 2.90 bits per heavy atom. The van der Waals surface area contributed by atoms with E-state index in [1.807, 2.05) is 12.1 Å². The van der Waals surface area contributed by atoms with E-state index in [0.29, 0.717) is 17.9 Å². The van der Waals surface area contributed by atoms with Gasteiger partial charge in [-0.1, -0.05) is 12.1 Å². The van der Waals surface area contributed by atoms with Gasteiger partial charge in [-0.25, -0.2) is 4.98 Å². The number of rotatable bonds is 4. The first-order chi connectivity index (χ1) is 9.58. The molecule has 1 aromatic carbocycles. The lowest BCUT2D eigenvalue weighted by atomic mass is 10.1. The molecule has 0 saturated carbocycles. The number of nitriles is 1. The van der Waals surface area contributed by atoms with Crippen LogP contribution in [0.25, 0.3) is 0 Å². The lowest BCUT2D eigenvalue weighted by Crippen LogP contribution is -2.04. The molecule has 7 heteroatoms. The average Bonchev–Trinajstić information content (AvgIpc) is 2.44. The summed E-state index contributed by atoms with van der Waals surface area (Å²) in [5, 5.41) is 22.5. The zero-order valence-electron chi connectivity index (χ0n) is 10.4. The Morgan fingerprint density at radius 2 is 2.20 bits per heavy atom. The maximum Gasteiger partial charge on any atom is 0.276 e. The van der Waals surface area contributed by atoms with E-state index in [-0.39, 0.29) is 11.5 Å². The molecule has 2 aromatic rings. The predicted molar refractivity (Wildman–Crippen MR) is 73.8 cm³/mol. The Bertz CT molecular complexity index is 693.